The van der Waals surface area contributed by atoms with E-state index in [0.29, 0.717) is 5.92 Å². The molecule has 4 atom stereocenters. The summed E-state index contributed by atoms with van der Waals surface area (Å²) in [5, 5.41) is 10.6. The van der Waals surface area contributed by atoms with E-state index in [0.717, 1.165) is 44.9 Å². The Labute approximate surface area is 163 Å². The molecule has 148 valence electrons. The number of rotatable bonds is 10. The predicted molar refractivity (Wildman–Crippen MR) is 110 cm³/mol. The van der Waals surface area contributed by atoms with Crippen LogP contribution in [0.15, 0.2) is 12.1 Å². The molecule has 0 saturated heterocycles. The van der Waals surface area contributed by atoms with Gasteiger partial charge in [-0.1, -0.05) is 19.8 Å². The van der Waals surface area contributed by atoms with Crippen molar-refractivity contribution in [3.63, 3.8) is 0 Å². The molecule has 2 saturated carbocycles. The van der Waals surface area contributed by atoms with Crippen molar-refractivity contribution in [3.05, 3.63) is 21.9 Å². The second-order valence-corrected chi connectivity index (χ2v) is 10.3. The summed E-state index contributed by atoms with van der Waals surface area (Å²) in [6.45, 7) is 4.37. The number of aliphatic hydroxyl groups excluding tert-OH is 1. The van der Waals surface area contributed by atoms with Crippen molar-refractivity contribution in [3.8, 4) is 0 Å². The van der Waals surface area contributed by atoms with Crippen molar-refractivity contribution in [2.24, 2.45) is 17.3 Å². The standard InChI is InChI=1S/C23H37FOS/c1-3-23(15-6-16-23)22(25)10-5-9-20-18(12-14-21(20)24)7-4-8-19-13-11-17(2)26-19/h11,13,18,20-22,25H,3-10,12,14-16H2,1-2H3/t18?,20-,21+,22?/m1/s1. The summed E-state index contributed by atoms with van der Waals surface area (Å²) in [6, 6.07) is 4.45. The van der Waals surface area contributed by atoms with E-state index in [-0.39, 0.29) is 17.4 Å². The first kappa shape index (κ1) is 20.3. The number of thiophene rings is 1. The van der Waals surface area contributed by atoms with Gasteiger partial charge in [-0.05, 0) is 101 Å². The van der Waals surface area contributed by atoms with Crippen LogP contribution in [-0.4, -0.2) is 17.4 Å². The van der Waals surface area contributed by atoms with Gasteiger partial charge >= 0.3 is 0 Å². The quantitative estimate of drug-likeness (QED) is 0.470. The fourth-order valence-corrected chi connectivity index (χ4v) is 6.37. The largest absolute Gasteiger partial charge is 0.393 e. The molecular formula is C23H37FOS. The van der Waals surface area contributed by atoms with Gasteiger partial charge in [0.25, 0.3) is 0 Å². The summed E-state index contributed by atoms with van der Waals surface area (Å²) in [5.41, 5.74) is 0.197. The molecule has 0 amide bonds. The van der Waals surface area contributed by atoms with E-state index < -0.39 is 6.17 Å². The topological polar surface area (TPSA) is 20.2 Å². The molecule has 3 heteroatoms. The van der Waals surface area contributed by atoms with Gasteiger partial charge in [-0.3, -0.25) is 0 Å². The summed E-state index contributed by atoms with van der Waals surface area (Å²) in [4.78, 5) is 2.86. The van der Waals surface area contributed by atoms with Crippen LogP contribution in [0.4, 0.5) is 4.39 Å². The van der Waals surface area contributed by atoms with Crippen molar-refractivity contribution in [1.82, 2.24) is 0 Å². The summed E-state index contributed by atoms with van der Waals surface area (Å²) in [5.74, 6) is 0.804. The molecule has 1 heterocycles. The van der Waals surface area contributed by atoms with Gasteiger partial charge in [-0.15, -0.1) is 11.3 Å². The third-order valence-corrected chi connectivity index (χ3v) is 8.51. The molecule has 0 spiro atoms. The first-order chi connectivity index (χ1) is 12.5. The highest BCUT2D eigenvalue weighted by Crippen LogP contribution is 2.48. The molecule has 0 radical (unpaired) electrons. The second kappa shape index (κ2) is 9.19. The summed E-state index contributed by atoms with van der Waals surface area (Å²) in [6.07, 6.45) is 12.1. The third kappa shape index (κ3) is 4.70. The number of aliphatic hydroxyl groups is 1. The molecule has 0 aliphatic heterocycles. The Morgan fingerprint density at radius 3 is 2.65 bits per heavy atom. The second-order valence-electron chi connectivity index (χ2n) is 8.94. The molecule has 26 heavy (non-hydrogen) atoms. The molecule has 3 rings (SSSR count). The lowest BCUT2D eigenvalue weighted by Gasteiger charge is -2.45. The zero-order valence-electron chi connectivity index (χ0n) is 16.7. The molecule has 1 aromatic rings. The van der Waals surface area contributed by atoms with Gasteiger partial charge in [0.1, 0.15) is 6.17 Å². The Morgan fingerprint density at radius 1 is 1.23 bits per heavy atom. The maximum Gasteiger partial charge on any atom is 0.103 e. The lowest BCUT2D eigenvalue weighted by atomic mass is 9.62. The van der Waals surface area contributed by atoms with E-state index in [4.69, 9.17) is 0 Å². The van der Waals surface area contributed by atoms with Crippen LogP contribution in [0.1, 0.15) is 87.3 Å². The number of aryl methyl sites for hydroxylation is 2. The molecule has 1 nitrogen and oxygen atoms in total. The molecule has 2 fully saturated rings. The van der Waals surface area contributed by atoms with Crippen LogP contribution in [0.2, 0.25) is 0 Å². The fraction of sp³-hybridized carbons (Fsp3) is 0.826. The predicted octanol–water partition coefficient (Wildman–Crippen LogP) is 6.86. The number of halogens is 1. The molecule has 0 bridgehead atoms. The SMILES string of the molecule is CCC1(C(O)CCC[C@@H]2C(CCCc3ccc(C)s3)CC[C@@H]2F)CCC1. The Kier molecular flexibility index (Phi) is 7.18. The smallest absolute Gasteiger partial charge is 0.103 e. The Bertz CT molecular complexity index is 545. The molecular weight excluding hydrogens is 343 g/mol. The maximum absolute atomic E-state index is 14.4. The third-order valence-electron chi connectivity index (χ3n) is 7.45. The van der Waals surface area contributed by atoms with Gasteiger partial charge in [0.15, 0.2) is 0 Å². The minimum absolute atomic E-state index is 0.166. The summed E-state index contributed by atoms with van der Waals surface area (Å²) < 4.78 is 14.4. The Hall–Kier alpha value is -0.410. The summed E-state index contributed by atoms with van der Waals surface area (Å²) in [7, 11) is 0. The average Bonchev–Trinajstić information content (AvgIpc) is 3.14. The van der Waals surface area contributed by atoms with Crippen LogP contribution in [0.25, 0.3) is 0 Å². The highest BCUT2D eigenvalue weighted by atomic mass is 32.1. The lowest BCUT2D eigenvalue weighted by molar-refractivity contribution is -0.0440. The van der Waals surface area contributed by atoms with Crippen molar-refractivity contribution in [2.45, 2.75) is 103 Å². The molecule has 2 aliphatic carbocycles. The molecule has 1 aromatic heterocycles. The van der Waals surface area contributed by atoms with E-state index in [1.54, 1.807) is 0 Å². The fourth-order valence-electron chi connectivity index (χ4n) is 5.44. The average molecular weight is 381 g/mol. The van der Waals surface area contributed by atoms with Crippen LogP contribution in [-0.2, 0) is 6.42 Å². The molecule has 2 unspecified atom stereocenters. The highest BCUT2D eigenvalue weighted by molar-refractivity contribution is 7.11. The van der Waals surface area contributed by atoms with E-state index >= 15 is 0 Å². The Balaban J connectivity index is 1.40. The van der Waals surface area contributed by atoms with Gasteiger partial charge in [0.05, 0.1) is 6.10 Å². The molecule has 2 aliphatic rings. The van der Waals surface area contributed by atoms with Crippen LogP contribution in [0.5, 0.6) is 0 Å². The number of hydrogen-bond acceptors (Lipinski definition) is 2. The monoisotopic (exact) mass is 380 g/mol. The van der Waals surface area contributed by atoms with Crippen LogP contribution in [0.3, 0.4) is 0 Å². The van der Waals surface area contributed by atoms with Crippen molar-refractivity contribution in [1.29, 1.82) is 0 Å². The lowest BCUT2D eigenvalue weighted by Crippen LogP contribution is -2.40. The van der Waals surface area contributed by atoms with Gasteiger partial charge in [-0.2, -0.15) is 0 Å². The zero-order valence-corrected chi connectivity index (χ0v) is 17.5. The van der Waals surface area contributed by atoms with Crippen molar-refractivity contribution < 1.29 is 9.50 Å². The van der Waals surface area contributed by atoms with E-state index in [1.165, 1.54) is 41.9 Å². The normalized spacial score (nSPS) is 28.8. The first-order valence-corrected chi connectivity index (χ1v) is 11.7. The van der Waals surface area contributed by atoms with E-state index in [1.807, 2.05) is 11.3 Å². The molecule has 0 aromatic carbocycles. The van der Waals surface area contributed by atoms with Crippen LogP contribution < -0.4 is 0 Å². The van der Waals surface area contributed by atoms with E-state index in [2.05, 4.69) is 26.0 Å². The molecule has 1 N–H and O–H groups in total. The van der Waals surface area contributed by atoms with E-state index in [9.17, 15) is 9.50 Å². The van der Waals surface area contributed by atoms with Gasteiger partial charge in [0.2, 0.25) is 0 Å². The Morgan fingerprint density at radius 2 is 2.04 bits per heavy atom. The van der Waals surface area contributed by atoms with Crippen molar-refractivity contribution >= 4 is 11.3 Å². The highest BCUT2D eigenvalue weighted by Gasteiger charge is 2.41. The first-order valence-electron chi connectivity index (χ1n) is 10.9. The summed E-state index contributed by atoms with van der Waals surface area (Å²) >= 11 is 1.90. The van der Waals surface area contributed by atoms with Crippen molar-refractivity contribution in [2.75, 3.05) is 0 Å². The van der Waals surface area contributed by atoms with Gasteiger partial charge in [0, 0.05) is 9.75 Å². The number of alkyl halides is 1. The zero-order chi connectivity index (χ0) is 18.6. The number of hydrogen-bond donors (Lipinski definition) is 1. The van der Waals surface area contributed by atoms with Crippen LogP contribution >= 0.6 is 11.3 Å². The maximum atomic E-state index is 14.4. The minimum atomic E-state index is -0.607. The van der Waals surface area contributed by atoms with Gasteiger partial charge < -0.3 is 5.11 Å². The van der Waals surface area contributed by atoms with Gasteiger partial charge in [-0.25, -0.2) is 4.39 Å². The minimum Gasteiger partial charge on any atom is -0.393 e. The van der Waals surface area contributed by atoms with Crippen LogP contribution in [0, 0.1) is 24.2 Å².